The van der Waals surface area contributed by atoms with Crippen LogP contribution in [0.3, 0.4) is 0 Å². The molecule has 0 aromatic carbocycles. The number of carboxylic acid groups (broad SMARTS) is 1. The van der Waals surface area contributed by atoms with Crippen LogP contribution in [0.1, 0.15) is 6.92 Å². The molecule has 1 fully saturated rings. The smallest absolute Gasteiger partial charge is 0.332 e. The SMILES string of the molecule is CC(O)C(=O)O.CN1CCNCC1.NCCS(=O)(=O)O. The van der Waals surface area contributed by atoms with Gasteiger partial charge in [0.15, 0.2) is 0 Å². The molecular weight excluding hydrogens is 290 g/mol. The molecule has 0 saturated carbocycles. The second-order valence-electron chi connectivity index (χ2n) is 4.14. The van der Waals surface area contributed by atoms with E-state index in [0.717, 1.165) is 13.1 Å². The molecule has 1 heterocycles. The number of nitrogens with one attached hydrogen (secondary N) is 1. The van der Waals surface area contributed by atoms with Gasteiger partial charge in [-0.15, -0.1) is 0 Å². The molecule has 1 saturated heterocycles. The van der Waals surface area contributed by atoms with Gasteiger partial charge in [0.1, 0.15) is 6.10 Å². The first-order chi connectivity index (χ1) is 9.10. The van der Waals surface area contributed by atoms with E-state index in [0.29, 0.717) is 0 Å². The lowest BCUT2D eigenvalue weighted by Crippen LogP contribution is -2.40. The molecule has 10 heteroatoms. The Labute approximate surface area is 119 Å². The normalized spacial score (nSPS) is 17.1. The van der Waals surface area contributed by atoms with Crippen LogP contribution < -0.4 is 11.1 Å². The Morgan fingerprint density at radius 2 is 1.80 bits per heavy atom. The van der Waals surface area contributed by atoms with E-state index in [2.05, 4.69) is 17.3 Å². The van der Waals surface area contributed by atoms with Crippen LogP contribution in [0, 0.1) is 0 Å². The number of piperazine rings is 1. The molecule has 0 aromatic rings. The zero-order valence-electron chi connectivity index (χ0n) is 11.8. The van der Waals surface area contributed by atoms with Gasteiger partial charge in [0, 0.05) is 32.7 Å². The van der Waals surface area contributed by atoms with Crippen molar-refractivity contribution in [2.24, 2.45) is 5.73 Å². The Kier molecular flexibility index (Phi) is 12.9. The van der Waals surface area contributed by atoms with Gasteiger partial charge in [0.05, 0.1) is 5.75 Å². The molecular formula is C10H25N3O6S. The second kappa shape index (κ2) is 12.0. The lowest BCUT2D eigenvalue weighted by Gasteiger charge is -2.21. The molecule has 1 aliphatic rings. The summed E-state index contributed by atoms with van der Waals surface area (Å²) in [6.45, 7) is 5.91. The highest BCUT2D eigenvalue weighted by molar-refractivity contribution is 7.85. The van der Waals surface area contributed by atoms with E-state index in [1.54, 1.807) is 0 Å². The third-order valence-corrected chi connectivity index (χ3v) is 2.83. The molecule has 20 heavy (non-hydrogen) atoms. The van der Waals surface area contributed by atoms with Crippen molar-refractivity contribution in [1.82, 2.24) is 10.2 Å². The summed E-state index contributed by atoms with van der Waals surface area (Å²) in [5.74, 6) is -1.54. The third kappa shape index (κ3) is 19.6. The fourth-order valence-electron chi connectivity index (χ4n) is 0.926. The highest BCUT2D eigenvalue weighted by Crippen LogP contribution is 1.83. The minimum Gasteiger partial charge on any atom is -0.479 e. The Morgan fingerprint density at radius 1 is 1.40 bits per heavy atom. The van der Waals surface area contributed by atoms with E-state index in [1.807, 2.05) is 0 Å². The predicted octanol–water partition coefficient (Wildman–Crippen LogP) is -2.19. The van der Waals surface area contributed by atoms with Crippen molar-refractivity contribution in [3.8, 4) is 0 Å². The van der Waals surface area contributed by atoms with Crippen molar-refractivity contribution < 1.29 is 28.0 Å². The summed E-state index contributed by atoms with van der Waals surface area (Å²) in [5.41, 5.74) is 4.78. The van der Waals surface area contributed by atoms with Crippen LogP contribution in [-0.2, 0) is 14.9 Å². The monoisotopic (exact) mass is 315 g/mol. The van der Waals surface area contributed by atoms with E-state index in [1.165, 1.54) is 20.0 Å². The van der Waals surface area contributed by atoms with Crippen LogP contribution in [0.5, 0.6) is 0 Å². The van der Waals surface area contributed by atoms with E-state index in [9.17, 15) is 13.2 Å². The summed E-state index contributed by atoms with van der Waals surface area (Å²) in [4.78, 5) is 11.8. The molecule has 0 aromatic heterocycles. The summed E-state index contributed by atoms with van der Waals surface area (Å²) in [6.07, 6.45) is -1.23. The Balaban J connectivity index is 0. The molecule has 6 N–H and O–H groups in total. The average Bonchev–Trinajstić information content (AvgIpc) is 2.29. The number of rotatable bonds is 3. The highest BCUT2D eigenvalue weighted by atomic mass is 32.2. The maximum absolute atomic E-state index is 9.71. The van der Waals surface area contributed by atoms with Crippen LogP contribution >= 0.6 is 0 Å². The molecule has 9 nitrogen and oxygen atoms in total. The number of carboxylic acids is 1. The van der Waals surface area contributed by atoms with Crippen molar-refractivity contribution in [1.29, 1.82) is 0 Å². The first-order valence-electron chi connectivity index (χ1n) is 6.05. The number of hydrogen-bond donors (Lipinski definition) is 5. The first-order valence-corrected chi connectivity index (χ1v) is 7.66. The highest BCUT2D eigenvalue weighted by Gasteiger charge is 2.02. The van der Waals surface area contributed by atoms with Crippen LogP contribution in [0.15, 0.2) is 0 Å². The van der Waals surface area contributed by atoms with Crippen molar-refractivity contribution in [2.75, 3.05) is 45.5 Å². The fourth-order valence-corrected chi connectivity index (χ4v) is 1.22. The van der Waals surface area contributed by atoms with Gasteiger partial charge in [0.25, 0.3) is 10.1 Å². The standard InChI is InChI=1S/C5H12N2.C3H6O3.C2H7NO3S/c1-7-4-2-6-3-5-7;1-2(4)3(5)6;3-1-2-7(4,5)6/h6H,2-5H2,1H3;2,4H,1H3,(H,5,6);1-3H2,(H,4,5,6). The second-order valence-corrected chi connectivity index (χ2v) is 5.71. The van der Waals surface area contributed by atoms with E-state index in [-0.39, 0.29) is 12.3 Å². The summed E-state index contributed by atoms with van der Waals surface area (Å²) in [7, 11) is -1.65. The molecule has 0 bridgehead atoms. The van der Waals surface area contributed by atoms with Crippen LogP contribution in [0.2, 0.25) is 0 Å². The summed E-state index contributed by atoms with van der Waals surface area (Å²) in [6, 6.07) is 0. The maximum atomic E-state index is 9.71. The fraction of sp³-hybridized carbons (Fsp3) is 0.900. The number of aliphatic hydroxyl groups excluding tert-OH is 1. The molecule has 1 rings (SSSR count). The van der Waals surface area contributed by atoms with Crippen LogP contribution in [-0.4, -0.2) is 85.7 Å². The van der Waals surface area contributed by atoms with Crippen molar-refractivity contribution in [3.63, 3.8) is 0 Å². The van der Waals surface area contributed by atoms with E-state index in [4.69, 9.17) is 20.5 Å². The zero-order chi connectivity index (χ0) is 16.2. The van der Waals surface area contributed by atoms with Crippen molar-refractivity contribution in [2.45, 2.75) is 13.0 Å². The molecule has 1 aliphatic heterocycles. The van der Waals surface area contributed by atoms with Gasteiger partial charge in [-0.05, 0) is 14.0 Å². The maximum Gasteiger partial charge on any atom is 0.332 e. The Morgan fingerprint density at radius 3 is 1.90 bits per heavy atom. The number of carbonyl (C=O) groups is 1. The van der Waals surface area contributed by atoms with Crippen molar-refractivity contribution in [3.05, 3.63) is 0 Å². The first kappa shape index (κ1) is 21.5. The summed E-state index contributed by atoms with van der Waals surface area (Å²) in [5, 5.41) is 19.0. The number of aliphatic carboxylic acids is 1. The van der Waals surface area contributed by atoms with E-state index < -0.39 is 22.2 Å². The minimum atomic E-state index is -3.80. The number of aliphatic hydroxyl groups is 1. The van der Waals surface area contributed by atoms with Gasteiger partial charge in [-0.1, -0.05) is 0 Å². The van der Waals surface area contributed by atoms with Gasteiger partial charge in [-0.2, -0.15) is 8.42 Å². The molecule has 0 radical (unpaired) electrons. The predicted molar refractivity (Wildman–Crippen MR) is 75.2 cm³/mol. The third-order valence-electron chi connectivity index (χ3n) is 2.07. The quantitative estimate of drug-likeness (QED) is 0.365. The molecule has 0 spiro atoms. The molecule has 0 amide bonds. The number of nitrogens with zero attached hydrogens (tertiary/aromatic N) is 1. The van der Waals surface area contributed by atoms with Gasteiger partial charge in [-0.3, -0.25) is 4.55 Å². The number of hydrogen-bond acceptors (Lipinski definition) is 7. The topological polar surface area (TPSA) is 153 Å². The van der Waals surface area contributed by atoms with Gasteiger partial charge in [-0.25, -0.2) is 4.79 Å². The lowest BCUT2D eigenvalue weighted by atomic mass is 10.4. The Bertz CT molecular complexity index is 341. The molecule has 1 atom stereocenters. The number of likely N-dealkylation sites (N-methyl/N-ethyl adjacent to an activating group) is 1. The largest absolute Gasteiger partial charge is 0.479 e. The average molecular weight is 315 g/mol. The summed E-state index contributed by atoms with van der Waals surface area (Å²) < 4.78 is 27.3. The molecule has 0 aliphatic carbocycles. The van der Waals surface area contributed by atoms with Gasteiger partial charge >= 0.3 is 5.97 Å². The zero-order valence-corrected chi connectivity index (χ0v) is 12.6. The minimum absolute atomic E-state index is 0.0289. The molecule has 122 valence electrons. The Hall–Kier alpha value is -0.780. The van der Waals surface area contributed by atoms with Crippen LogP contribution in [0.4, 0.5) is 0 Å². The molecule has 1 unspecified atom stereocenters. The summed E-state index contributed by atoms with van der Waals surface area (Å²) >= 11 is 0. The number of nitrogens with two attached hydrogens (primary N) is 1. The van der Waals surface area contributed by atoms with Crippen LogP contribution in [0.25, 0.3) is 0 Å². The lowest BCUT2D eigenvalue weighted by molar-refractivity contribution is -0.145. The van der Waals surface area contributed by atoms with Gasteiger partial charge in [0.2, 0.25) is 0 Å². The van der Waals surface area contributed by atoms with E-state index >= 15 is 0 Å². The van der Waals surface area contributed by atoms with Gasteiger partial charge < -0.3 is 26.2 Å². The van der Waals surface area contributed by atoms with Crippen molar-refractivity contribution >= 4 is 16.1 Å².